The lowest BCUT2D eigenvalue weighted by Crippen LogP contribution is -2.63. The number of rotatable bonds is 2. The molecule has 15 heavy (non-hydrogen) atoms. The number of urea groups is 1. The lowest BCUT2D eigenvalue weighted by molar-refractivity contribution is -0.150. The third-order valence-electron chi connectivity index (χ3n) is 2.79. The summed E-state index contributed by atoms with van der Waals surface area (Å²) in [5, 5.41) is 2.19. The van der Waals surface area contributed by atoms with Gasteiger partial charge in [-0.1, -0.05) is 6.92 Å². The van der Waals surface area contributed by atoms with Gasteiger partial charge < -0.3 is 0 Å². The highest BCUT2D eigenvalue weighted by Crippen LogP contribution is 2.25. The van der Waals surface area contributed by atoms with Crippen LogP contribution in [0.5, 0.6) is 0 Å². The van der Waals surface area contributed by atoms with Gasteiger partial charge in [-0.15, -0.1) is 0 Å². The Hall–Kier alpha value is -1.39. The Labute approximate surface area is 88.8 Å². The summed E-state index contributed by atoms with van der Waals surface area (Å²) in [7, 11) is 0. The van der Waals surface area contributed by atoms with E-state index in [1.54, 1.807) is 6.92 Å². The maximum Gasteiger partial charge on any atom is 0.331 e. The van der Waals surface area contributed by atoms with Crippen LogP contribution in [0.3, 0.4) is 0 Å². The third-order valence-corrected chi connectivity index (χ3v) is 2.79. The number of imide groups is 2. The highest BCUT2D eigenvalue weighted by atomic mass is 16.2. The van der Waals surface area contributed by atoms with Gasteiger partial charge >= 0.3 is 6.03 Å². The van der Waals surface area contributed by atoms with Gasteiger partial charge in [0.2, 0.25) is 11.8 Å². The van der Waals surface area contributed by atoms with Crippen molar-refractivity contribution in [2.24, 2.45) is 5.41 Å². The van der Waals surface area contributed by atoms with Gasteiger partial charge in [0.15, 0.2) is 0 Å². The first kappa shape index (κ1) is 11.7. The minimum absolute atomic E-state index is 0.190. The molecule has 1 N–H and O–H groups in total. The highest BCUT2D eigenvalue weighted by molar-refractivity contribution is 6.18. The summed E-state index contributed by atoms with van der Waals surface area (Å²) in [5.74, 6) is -0.956. The number of carbonyl (C=O) groups excluding carboxylic acids is 3. The second-order valence-corrected chi connectivity index (χ2v) is 4.32. The third kappa shape index (κ3) is 1.73. The van der Waals surface area contributed by atoms with Crippen LogP contribution in [0.15, 0.2) is 0 Å². The molecule has 0 aromatic rings. The van der Waals surface area contributed by atoms with Gasteiger partial charge in [0.1, 0.15) is 5.41 Å². The Bertz CT molecular complexity index is 323. The predicted octanol–water partition coefficient (Wildman–Crippen LogP) is 0.889. The molecule has 1 atom stereocenters. The van der Waals surface area contributed by atoms with Gasteiger partial charge in [-0.3, -0.25) is 19.8 Å². The quantitative estimate of drug-likeness (QED) is 0.691. The second kappa shape index (κ2) is 3.64. The fourth-order valence-corrected chi connectivity index (χ4v) is 1.39. The van der Waals surface area contributed by atoms with E-state index in [4.69, 9.17) is 0 Å². The van der Waals surface area contributed by atoms with Gasteiger partial charge in [-0.05, 0) is 27.2 Å². The van der Waals surface area contributed by atoms with E-state index in [0.717, 1.165) is 4.90 Å². The summed E-state index contributed by atoms with van der Waals surface area (Å²) in [6.07, 6.45) is 0.670. The second-order valence-electron chi connectivity index (χ2n) is 4.32. The summed E-state index contributed by atoms with van der Waals surface area (Å²) < 4.78 is 0. The molecule has 1 aliphatic heterocycles. The van der Waals surface area contributed by atoms with Crippen LogP contribution >= 0.6 is 0 Å². The van der Waals surface area contributed by atoms with E-state index < -0.39 is 23.3 Å². The van der Waals surface area contributed by atoms with E-state index in [0.29, 0.717) is 6.42 Å². The van der Waals surface area contributed by atoms with E-state index >= 15 is 0 Å². The highest BCUT2D eigenvalue weighted by Gasteiger charge is 2.48. The van der Waals surface area contributed by atoms with Gasteiger partial charge in [0.25, 0.3) is 0 Å². The number of hydrogen-bond acceptors (Lipinski definition) is 3. The van der Waals surface area contributed by atoms with E-state index in [9.17, 15) is 14.4 Å². The molecule has 5 nitrogen and oxygen atoms in total. The normalized spacial score (nSPS) is 22.7. The maximum atomic E-state index is 11.9. The van der Waals surface area contributed by atoms with E-state index in [-0.39, 0.29) is 6.04 Å². The number of barbiturate groups is 1. The molecule has 84 valence electrons. The molecule has 0 aromatic heterocycles. The van der Waals surface area contributed by atoms with Crippen LogP contribution in [0.1, 0.15) is 34.1 Å². The Morgan fingerprint density at radius 2 is 1.87 bits per heavy atom. The lowest BCUT2D eigenvalue weighted by atomic mass is 9.88. The molecule has 0 radical (unpaired) electrons. The molecule has 4 amide bonds. The van der Waals surface area contributed by atoms with Crippen molar-refractivity contribution in [2.45, 2.75) is 40.2 Å². The molecule has 0 saturated carbocycles. The molecule has 1 fully saturated rings. The predicted molar refractivity (Wildman–Crippen MR) is 53.9 cm³/mol. The summed E-state index contributed by atoms with van der Waals surface area (Å²) in [6.45, 7) is 6.71. The van der Waals surface area contributed by atoms with Crippen LogP contribution in [0.2, 0.25) is 0 Å². The lowest BCUT2D eigenvalue weighted by Gasteiger charge is -2.37. The Morgan fingerprint density at radius 3 is 2.33 bits per heavy atom. The van der Waals surface area contributed by atoms with Crippen molar-refractivity contribution in [1.82, 2.24) is 10.2 Å². The van der Waals surface area contributed by atoms with Crippen LogP contribution in [0, 0.1) is 5.41 Å². The zero-order valence-corrected chi connectivity index (χ0v) is 9.46. The standard InChI is InChI=1S/C10H16N2O3/c1-5-6(2)12-8(14)10(3,4)7(13)11-9(12)15/h6H,5H2,1-4H3,(H,11,13,15). The Balaban J connectivity index is 3.04. The van der Waals surface area contributed by atoms with Gasteiger partial charge in [-0.2, -0.15) is 0 Å². The molecule has 0 aliphatic carbocycles. The Morgan fingerprint density at radius 1 is 1.33 bits per heavy atom. The molecule has 1 aliphatic rings. The molecule has 5 heteroatoms. The largest absolute Gasteiger partial charge is 0.331 e. The van der Waals surface area contributed by atoms with Gasteiger partial charge in [-0.25, -0.2) is 4.79 Å². The van der Waals surface area contributed by atoms with E-state index in [1.165, 1.54) is 13.8 Å². The first-order chi connectivity index (χ1) is 6.82. The van der Waals surface area contributed by atoms with Crippen molar-refractivity contribution in [3.8, 4) is 0 Å². The Kier molecular flexibility index (Phi) is 2.83. The smallest absolute Gasteiger partial charge is 0.277 e. The number of nitrogens with one attached hydrogen (secondary N) is 1. The average molecular weight is 212 g/mol. The van der Waals surface area contributed by atoms with Crippen molar-refractivity contribution in [3.63, 3.8) is 0 Å². The molecule has 1 unspecified atom stereocenters. The van der Waals surface area contributed by atoms with Crippen LogP contribution < -0.4 is 5.32 Å². The molecular formula is C10H16N2O3. The van der Waals surface area contributed by atoms with Gasteiger partial charge in [0.05, 0.1) is 0 Å². The van der Waals surface area contributed by atoms with Crippen molar-refractivity contribution >= 4 is 17.8 Å². The number of amides is 4. The average Bonchev–Trinajstić information content (AvgIpc) is 2.15. The van der Waals surface area contributed by atoms with Gasteiger partial charge in [0, 0.05) is 6.04 Å². The molecule has 1 heterocycles. The zero-order chi connectivity index (χ0) is 11.8. The van der Waals surface area contributed by atoms with Crippen LogP contribution in [0.4, 0.5) is 4.79 Å². The minimum atomic E-state index is -1.16. The van der Waals surface area contributed by atoms with Crippen molar-refractivity contribution < 1.29 is 14.4 Å². The number of hydrogen-bond donors (Lipinski definition) is 1. The first-order valence-electron chi connectivity index (χ1n) is 5.01. The summed E-state index contributed by atoms with van der Waals surface area (Å²) in [5.41, 5.74) is -1.16. The van der Waals surface area contributed by atoms with E-state index in [2.05, 4.69) is 5.32 Å². The molecule has 0 aromatic carbocycles. The SMILES string of the molecule is CCC(C)N1C(=O)NC(=O)C(C)(C)C1=O. The summed E-state index contributed by atoms with van der Waals surface area (Å²) in [4.78, 5) is 35.9. The fraction of sp³-hybridized carbons (Fsp3) is 0.700. The summed E-state index contributed by atoms with van der Waals surface area (Å²) in [6, 6.07) is -0.802. The zero-order valence-electron chi connectivity index (χ0n) is 9.46. The van der Waals surface area contributed by atoms with Crippen LogP contribution in [-0.4, -0.2) is 28.8 Å². The van der Waals surface area contributed by atoms with Crippen molar-refractivity contribution in [1.29, 1.82) is 0 Å². The molecule has 1 saturated heterocycles. The molecule has 0 bridgehead atoms. The number of carbonyl (C=O) groups is 3. The van der Waals surface area contributed by atoms with Crippen molar-refractivity contribution in [2.75, 3.05) is 0 Å². The molecule has 1 rings (SSSR count). The topological polar surface area (TPSA) is 66.5 Å². The van der Waals surface area contributed by atoms with Crippen LogP contribution in [-0.2, 0) is 9.59 Å². The number of nitrogens with zero attached hydrogens (tertiary/aromatic N) is 1. The maximum absolute atomic E-state index is 11.9. The summed E-state index contributed by atoms with van der Waals surface area (Å²) >= 11 is 0. The van der Waals surface area contributed by atoms with Crippen molar-refractivity contribution in [3.05, 3.63) is 0 Å². The fourth-order valence-electron chi connectivity index (χ4n) is 1.39. The monoisotopic (exact) mass is 212 g/mol. The molecule has 0 spiro atoms. The first-order valence-corrected chi connectivity index (χ1v) is 5.01. The van der Waals surface area contributed by atoms with Crippen LogP contribution in [0.25, 0.3) is 0 Å². The molecular weight excluding hydrogens is 196 g/mol. The van der Waals surface area contributed by atoms with E-state index in [1.807, 2.05) is 6.92 Å². The minimum Gasteiger partial charge on any atom is -0.277 e.